The van der Waals surface area contributed by atoms with Crippen molar-refractivity contribution >= 4 is 45.5 Å². The Kier molecular flexibility index (Phi) is 11.4. The molecule has 354 valence electrons. The molecule has 3 aliphatic carbocycles. The van der Waals surface area contributed by atoms with Gasteiger partial charge < -0.3 is 4.90 Å². The molecule has 14 rings (SSSR count). The van der Waals surface area contributed by atoms with E-state index in [-0.39, 0.29) is 0 Å². The number of hydrogen-bond donors (Lipinski definition) is 0. The SMILES string of the molecule is C=C1c2ccccc2SC2(C3=C(CCC(c4ccc(N(c5ccc(-c6ccccc6)cc5)c5ccc6c(c5)C(c5ccccc5)(c5ccccc5)c5ccccc5-6)cc4)=C3)c3ccccc32)c2ccccc21.CC. The highest BCUT2D eigenvalue weighted by atomic mass is 32.2. The number of rotatable bonds is 7. The van der Waals surface area contributed by atoms with Gasteiger partial charge in [0.25, 0.3) is 0 Å². The normalized spacial score (nSPS) is 16.3. The van der Waals surface area contributed by atoms with E-state index >= 15 is 0 Å². The molecule has 2 heteroatoms. The van der Waals surface area contributed by atoms with Gasteiger partial charge in [0, 0.05) is 22.0 Å². The van der Waals surface area contributed by atoms with E-state index < -0.39 is 10.2 Å². The lowest BCUT2D eigenvalue weighted by molar-refractivity contribution is 0.768. The summed E-state index contributed by atoms with van der Waals surface area (Å²) in [6, 6.07) is 94.5. The van der Waals surface area contributed by atoms with E-state index in [1.807, 2.05) is 25.6 Å². The van der Waals surface area contributed by atoms with Crippen LogP contribution in [0.4, 0.5) is 17.1 Å². The number of hydrogen-bond acceptors (Lipinski definition) is 2. The average Bonchev–Trinajstić information content (AvgIpc) is 3.91. The molecule has 1 unspecified atom stereocenters. The number of anilines is 3. The Morgan fingerprint density at radius 2 is 0.865 bits per heavy atom. The highest BCUT2D eigenvalue weighted by Crippen LogP contribution is 2.65. The highest BCUT2D eigenvalue weighted by Gasteiger charge is 2.50. The van der Waals surface area contributed by atoms with Crippen molar-refractivity contribution in [2.75, 3.05) is 4.90 Å². The van der Waals surface area contributed by atoms with Gasteiger partial charge in [-0.3, -0.25) is 0 Å². The molecule has 1 aliphatic heterocycles. The van der Waals surface area contributed by atoms with Crippen LogP contribution in [0.1, 0.15) is 82.3 Å². The predicted molar refractivity (Wildman–Crippen MR) is 313 cm³/mol. The van der Waals surface area contributed by atoms with Gasteiger partial charge in [0.15, 0.2) is 0 Å². The van der Waals surface area contributed by atoms with E-state index in [2.05, 4.69) is 266 Å². The van der Waals surface area contributed by atoms with Crippen LogP contribution in [0.3, 0.4) is 0 Å². The molecule has 74 heavy (non-hydrogen) atoms. The van der Waals surface area contributed by atoms with E-state index in [4.69, 9.17) is 6.58 Å². The fourth-order valence-corrected chi connectivity index (χ4v) is 14.3. The van der Waals surface area contributed by atoms with Gasteiger partial charge >= 0.3 is 0 Å². The van der Waals surface area contributed by atoms with Gasteiger partial charge in [-0.1, -0.05) is 239 Å². The highest BCUT2D eigenvalue weighted by molar-refractivity contribution is 8.00. The molecule has 0 fully saturated rings. The fourth-order valence-electron chi connectivity index (χ4n) is 12.6. The van der Waals surface area contributed by atoms with Gasteiger partial charge in [0.05, 0.1) is 10.2 Å². The van der Waals surface area contributed by atoms with Crippen LogP contribution in [-0.2, 0) is 10.2 Å². The number of benzene rings is 10. The van der Waals surface area contributed by atoms with Gasteiger partial charge in [0.1, 0.15) is 0 Å². The van der Waals surface area contributed by atoms with E-state index in [1.54, 1.807) is 0 Å². The first-order chi connectivity index (χ1) is 36.6. The molecule has 1 nitrogen and oxygen atoms in total. The van der Waals surface area contributed by atoms with Crippen molar-refractivity contribution in [2.45, 2.75) is 41.7 Å². The first-order valence-electron chi connectivity index (χ1n) is 26.1. The van der Waals surface area contributed by atoms with E-state index in [0.29, 0.717) is 0 Å². The molecule has 0 saturated carbocycles. The van der Waals surface area contributed by atoms with Gasteiger partial charge in [-0.25, -0.2) is 0 Å². The Morgan fingerprint density at radius 3 is 1.51 bits per heavy atom. The van der Waals surface area contributed by atoms with E-state index in [0.717, 1.165) is 35.5 Å². The summed E-state index contributed by atoms with van der Waals surface area (Å²) in [7, 11) is 0. The van der Waals surface area contributed by atoms with Crippen LogP contribution < -0.4 is 4.90 Å². The maximum absolute atomic E-state index is 4.73. The van der Waals surface area contributed by atoms with Crippen molar-refractivity contribution in [3.63, 3.8) is 0 Å². The average molecular weight is 966 g/mol. The molecular weight excluding hydrogens is 911 g/mol. The third-order valence-electron chi connectivity index (χ3n) is 15.8. The molecule has 0 aromatic heterocycles. The summed E-state index contributed by atoms with van der Waals surface area (Å²) in [5, 5.41) is 0. The van der Waals surface area contributed by atoms with Crippen LogP contribution in [-0.4, -0.2) is 0 Å². The van der Waals surface area contributed by atoms with Crippen LogP contribution >= 0.6 is 11.8 Å². The molecule has 1 spiro atoms. The Labute approximate surface area is 440 Å². The maximum atomic E-state index is 4.73. The lowest BCUT2D eigenvalue weighted by atomic mass is 9.67. The van der Waals surface area contributed by atoms with Crippen LogP contribution in [0.15, 0.2) is 278 Å². The quantitative estimate of drug-likeness (QED) is 0.157. The number of fused-ring (bicyclic) bond motifs is 10. The van der Waals surface area contributed by atoms with Crippen LogP contribution in [0.5, 0.6) is 0 Å². The number of nitrogens with zero attached hydrogens (tertiary/aromatic N) is 1. The molecule has 0 amide bonds. The monoisotopic (exact) mass is 965 g/mol. The lowest BCUT2D eigenvalue weighted by Gasteiger charge is -2.35. The summed E-state index contributed by atoms with van der Waals surface area (Å²) < 4.78 is -0.422. The zero-order valence-corrected chi connectivity index (χ0v) is 42.6. The fraction of sp³-hybridized carbons (Fsp3) is 0.0833. The molecule has 4 aliphatic rings. The standard InChI is InChI=1S/C70H49NS.C2H6/c1-47-57-25-11-16-30-64(57)70(72-68-32-18-14-26-58(47)68)65-31-17-13-28-60(65)62-43-37-51(45-67(62)70)50-35-40-55(41-36-50)71(54-38-33-49(34-39-54)48-19-5-2-6-20-48)56-42-44-61-59-27-12-15-29-63(59)69(66(61)46-56,52-21-7-3-8-22-52)53-23-9-4-10-24-53;1-2/h2-36,38-42,44-46H,1,37,43H2;1-2H3. The first kappa shape index (κ1) is 45.4. The van der Waals surface area contributed by atoms with Crippen molar-refractivity contribution in [1.29, 1.82) is 0 Å². The minimum absolute atomic E-state index is 0.422. The summed E-state index contributed by atoms with van der Waals surface area (Å²) >= 11 is 1.99. The van der Waals surface area contributed by atoms with Gasteiger partial charge in [-0.2, -0.15) is 0 Å². The molecule has 10 aromatic carbocycles. The zero-order valence-electron chi connectivity index (χ0n) is 41.8. The van der Waals surface area contributed by atoms with E-state index in [9.17, 15) is 0 Å². The van der Waals surface area contributed by atoms with Crippen molar-refractivity contribution in [1.82, 2.24) is 0 Å². The molecule has 0 N–H and O–H groups in total. The summed E-state index contributed by atoms with van der Waals surface area (Å²) in [4.78, 5) is 3.72. The Bertz CT molecular complexity index is 3790. The second-order valence-corrected chi connectivity index (χ2v) is 20.7. The van der Waals surface area contributed by atoms with Gasteiger partial charge in [0.2, 0.25) is 0 Å². The molecular formula is C72H55NS. The number of allylic oxidation sites excluding steroid dienone is 3. The van der Waals surface area contributed by atoms with Gasteiger partial charge in [-0.15, -0.1) is 11.8 Å². The molecule has 1 atom stereocenters. The summed E-state index contributed by atoms with van der Waals surface area (Å²) in [6.07, 6.45) is 4.50. The predicted octanol–water partition coefficient (Wildman–Crippen LogP) is 19.3. The molecule has 0 saturated heterocycles. The van der Waals surface area contributed by atoms with E-state index in [1.165, 1.54) is 99.5 Å². The summed E-state index contributed by atoms with van der Waals surface area (Å²) in [6.45, 7) is 8.73. The molecule has 1 heterocycles. The van der Waals surface area contributed by atoms with Crippen LogP contribution in [0, 0.1) is 0 Å². The van der Waals surface area contributed by atoms with Crippen molar-refractivity contribution in [2.24, 2.45) is 0 Å². The van der Waals surface area contributed by atoms with Crippen molar-refractivity contribution < 1.29 is 0 Å². The lowest BCUT2D eigenvalue weighted by Crippen LogP contribution is -2.28. The minimum atomic E-state index is -0.513. The second-order valence-electron chi connectivity index (χ2n) is 19.5. The smallest absolute Gasteiger partial charge is 0.0969 e. The third-order valence-corrected chi connectivity index (χ3v) is 17.4. The topological polar surface area (TPSA) is 3.24 Å². The molecule has 10 aromatic rings. The first-order valence-corrected chi connectivity index (χ1v) is 27.0. The maximum Gasteiger partial charge on any atom is 0.0969 e. The zero-order chi connectivity index (χ0) is 49.8. The minimum Gasteiger partial charge on any atom is -0.310 e. The van der Waals surface area contributed by atoms with Crippen LogP contribution in [0.2, 0.25) is 0 Å². The molecule has 0 bridgehead atoms. The Hall–Kier alpha value is -8.43. The summed E-state index contributed by atoms with van der Waals surface area (Å²) in [5.41, 5.74) is 25.9. The molecule has 0 radical (unpaired) electrons. The van der Waals surface area contributed by atoms with Crippen molar-refractivity contribution in [3.05, 3.63) is 329 Å². The Balaban J connectivity index is 0.00000261. The Morgan fingerprint density at radius 1 is 0.392 bits per heavy atom. The third kappa shape index (κ3) is 7.00. The van der Waals surface area contributed by atoms with Crippen LogP contribution in [0.25, 0.3) is 39.0 Å². The van der Waals surface area contributed by atoms with Gasteiger partial charge in [-0.05, 0) is 155 Å². The van der Waals surface area contributed by atoms with Crippen molar-refractivity contribution in [3.8, 4) is 22.3 Å². The largest absolute Gasteiger partial charge is 0.310 e. The second kappa shape index (κ2) is 18.6. The summed E-state index contributed by atoms with van der Waals surface area (Å²) in [5.74, 6) is 0. The number of thioether (sulfide) groups is 1.